The van der Waals surface area contributed by atoms with Gasteiger partial charge in [0.05, 0.1) is 16.8 Å². The zero-order valence-electron chi connectivity index (χ0n) is 10.2. The number of hydrogen-bond donors (Lipinski definition) is 1. The Balaban J connectivity index is 2.04. The van der Waals surface area contributed by atoms with Crippen molar-refractivity contribution in [2.24, 2.45) is 0 Å². The van der Waals surface area contributed by atoms with E-state index in [-0.39, 0.29) is 5.75 Å². The van der Waals surface area contributed by atoms with E-state index in [9.17, 15) is 4.79 Å². The molecule has 1 saturated carbocycles. The molecule has 6 heteroatoms. The number of carboxylic acids is 1. The average Bonchev–Trinajstić information content (AvgIpc) is 2.62. The van der Waals surface area contributed by atoms with Crippen molar-refractivity contribution in [1.82, 2.24) is 9.55 Å². The number of hydrogen-bond acceptors (Lipinski definition) is 3. The van der Waals surface area contributed by atoms with Gasteiger partial charge in [-0.05, 0) is 60.1 Å². The predicted molar refractivity (Wildman–Crippen MR) is 83.7 cm³/mol. The number of rotatable bonds is 4. The molecule has 0 radical (unpaired) electrons. The smallest absolute Gasteiger partial charge is 0.313 e. The summed E-state index contributed by atoms with van der Waals surface area (Å²) in [6, 6.07) is 6.70. The van der Waals surface area contributed by atoms with Gasteiger partial charge in [0.15, 0.2) is 5.16 Å². The SMILES string of the molecule is O=C(O)CSc1nc2cc(I)ccc2n1C1CCC1. The van der Waals surface area contributed by atoms with Gasteiger partial charge in [0.25, 0.3) is 0 Å². The molecule has 0 atom stereocenters. The van der Waals surface area contributed by atoms with E-state index < -0.39 is 5.97 Å². The molecule has 2 aromatic rings. The lowest BCUT2D eigenvalue weighted by molar-refractivity contribution is -0.133. The fourth-order valence-electron chi connectivity index (χ4n) is 2.28. The van der Waals surface area contributed by atoms with Crippen LogP contribution in [0.3, 0.4) is 0 Å². The maximum absolute atomic E-state index is 10.7. The summed E-state index contributed by atoms with van der Waals surface area (Å²) in [6.07, 6.45) is 3.58. The Morgan fingerprint density at radius 3 is 2.95 bits per heavy atom. The number of aliphatic carboxylic acids is 1. The highest BCUT2D eigenvalue weighted by Crippen LogP contribution is 2.38. The lowest BCUT2D eigenvalue weighted by Crippen LogP contribution is -2.18. The Morgan fingerprint density at radius 1 is 1.53 bits per heavy atom. The molecule has 100 valence electrons. The summed E-state index contributed by atoms with van der Waals surface area (Å²) >= 11 is 3.59. The third-order valence-electron chi connectivity index (χ3n) is 3.38. The van der Waals surface area contributed by atoms with Crippen LogP contribution in [0.15, 0.2) is 23.4 Å². The fourth-order valence-corrected chi connectivity index (χ4v) is 3.55. The van der Waals surface area contributed by atoms with Crippen molar-refractivity contribution in [3.05, 3.63) is 21.8 Å². The highest BCUT2D eigenvalue weighted by Gasteiger charge is 2.25. The van der Waals surface area contributed by atoms with Gasteiger partial charge in [0, 0.05) is 9.61 Å². The van der Waals surface area contributed by atoms with Crippen molar-refractivity contribution in [3.63, 3.8) is 0 Å². The van der Waals surface area contributed by atoms with Gasteiger partial charge in [-0.3, -0.25) is 4.79 Å². The number of thioether (sulfide) groups is 1. The van der Waals surface area contributed by atoms with E-state index in [2.05, 4.69) is 50.3 Å². The van der Waals surface area contributed by atoms with Gasteiger partial charge in [-0.1, -0.05) is 11.8 Å². The highest BCUT2D eigenvalue weighted by atomic mass is 127. The minimum Gasteiger partial charge on any atom is -0.481 e. The van der Waals surface area contributed by atoms with E-state index in [4.69, 9.17) is 5.11 Å². The predicted octanol–water partition coefficient (Wildman–Crippen LogP) is 3.54. The van der Waals surface area contributed by atoms with E-state index in [1.165, 1.54) is 18.2 Å². The van der Waals surface area contributed by atoms with Gasteiger partial charge >= 0.3 is 5.97 Å². The monoisotopic (exact) mass is 388 g/mol. The number of carbonyl (C=O) groups is 1. The standard InChI is InChI=1S/C13H13IN2O2S/c14-8-4-5-11-10(6-8)15-13(19-7-12(17)18)16(11)9-2-1-3-9/h4-6,9H,1-3,7H2,(H,17,18). The van der Waals surface area contributed by atoms with Crippen molar-refractivity contribution in [3.8, 4) is 0 Å². The molecule has 0 unspecified atom stereocenters. The van der Waals surface area contributed by atoms with Crippen LogP contribution in [0.25, 0.3) is 11.0 Å². The molecule has 1 aromatic carbocycles. The molecule has 1 N–H and O–H groups in total. The summed E-state index contributed by atoms with van der Waals surface area (Å²) in [4.78, 5) is 15.4. The molecular formula is C13H13IN2O2S. The van der Waals surface area contributed by atoms with Crippen LogP contribution in [0.2, 0.25) is 0 Å². The molecule has 0 spiro atoms. The van der Waals surface area contributed by atoms with Crippen molar-refractivity contribution >= 4 is 51.4 Å². The third-order valence-corrected chi connectivity index (χ3v) is 4.99. The maximum atomic E-state index is 10.7. The second-order valence-corrected chi connectivity index (χ2v) is 6.85. The lowest BCUT2D eigenvalue weighted by atomic mass is 9.93. The van der Waals surface area contributed by atoms with Crippen molar-refractivity contribution in [1.29, 1.82) is 0 Å². The van der Waals surface area contributed by atoms with Gasteiger partial charge in [-0.25, -0.2) is 4.98 Å². The summed E-state index contributed by atoms with van der Waals surface area (Å²) in [5.41, 5.74) is 2.09. The van der Waals surface area contributed by atoms with Crippen molar-refractivity contribution in [2.75, 3.05) is 5.75 Å². The number of nitrogens with zero attached hydrogens (tertiary/aromatic N) is 2. The molecule has 19 heavy (non-hydrogen) atoms. The number of benzene rings is 1. The van der Waals surface area contributed by atoms with Crippen LogP contribution in [-0.2, 0) is 4.79 Å². The average molecular weight is 388 g/mol. The summed E-state index contributed by atoms with van der Waals surface area (Å²) < 4.78 is 3.38. The Labute approximate surface area is 128 Å². The van der Waals surface area contributed by atoms with Gasteiger partial charge in [-0.15, -0.1) is 0 Å². The molecule has 0 amide bonds. The molecule has 1 fully saturated rings. The normalized spacial score (nSPS) is 15.6. The van der Waals surface area contributed by atoms with E-state index >= 15 is 0 Å². The first-order chi connectivity index (χ1) is 9.15. The van der Waals surface area contributed by atoms with Crippen molar-refractivity contribution < 1.29 is 9.90 Å². The lowest BCUT2D eigenvalue weighted by Gasteiger charge is -2.28. The Bertz CT molecular complexity index is 637. The molecular weight excluding hydrogens is 375 g/mol. The Kier molecular flexibility index (Phi) is 3.70. The van der Waals surface area contributed by atoms with Crippen LogP contribution in [-0.4, -0.2) is 26.4 Å². The van der Waals surface area contributed by atoms with E-state index in [1.54, 1.807) is 0 Å². The maximum Gasteiger partial charge on any atom is 0.313 e. The van der Waals surface area contributed by atoms with E-state index in [0.717, 1.165) is 32.6 Å². The first kappa shape index (κ1) is 13.2. The van der Waals surface area contributed by atoms with Crippen LogP contribution in [0.1, 0.15) is 25.3 Å². The molecule has 1 aromatic heterocycles. The number of carboxylic acid groups (broad SMARTS) is 1. The molecule has 0 saturated heterocycles. The minimum atomic E-state index is -0.799. The van der Waals surface area contributed by atoms with Crippen LogP contribution < -0.4 is 0 Å². The van der Waals surface area contributed by atoms with Gasteiger partial charge in [-0.2, -0.15) is 0 Å². The molecule has 4 nitrogen and oxygen atoms in total. The first-order valence-corrected chi connectivity index (χ1v) is 8.23. The molecule has 1 aliphatic carbocycles. The zero-order chi connectivity index (χ0) is 13.4. The zero-order valence-corrected chi connectivity index (χ0v) is 13.1. The second-order valence-electron chi connectivity index (χ2n) is 4.66. The number of halogens is 1. The molecule has 1 aliphatic rings. The summed E-state index contributed by atoms with van der Waals surface area (Å²) in [7, 11) is 0. The van der Waals surface area contributed by atoms with Gasteiger partial charge in [0.1, 0.15) is 0 Å². The van der Waals surface area contributed by atoms with E-state index in [1.807, 2.05) is 0 Å². The van der Waals surface area contributed by atoms with Crippen LogP contribution in [0.4, 0.5) is 0 Å². The molecule has 1 heterocycles. The molecule has 0 aliphatic heterocycles. The minimum absolute atomic E-state index is 0.0626. The van der Waals surface area contributed by atoms with Gasteiger partial charge in [0.2, 0.25) is 0 Å². The van der Waals surface area contributed by atoms with E-state index in [0.29, 0.717) is 6.04 Å². The van der Waals surface area contributed by atoms with Crippen LogP contribution in [0, 0.1) is 3.57 Å². The number of imidazole rings is 1. The fraction of sp³-hybridized carbons (Fsp3) is 0.385. The number of aromatic nitrogens is 2. The van der Waals surface area contributed by atoms with Crippen LogP contribution in [0.5, 0.6) is 0 Å². The summed E-state index contributed by atoms with van der Waals surface area (Å²) in [5, 5.41) is 9.67. The highest BCUT2D eigenvalue weighted by molar-refractivity contribution is 14.1. The molecule has 0 bridgehead atoms. The quantitative estimate of drug-likeness (QED) is 0.643. The van der Waals surface area contributed by atoms with Crippen LogP contribution >= 0.6 is 34.4 Å². The third kappa shape index (κ3) is 2.60. The van der Waals surface area contributed by atoms with Crippen molar-refractivity contribution in [2.45, 2.75) is 30.5 Å². The Morgan fingerprint density at radius 2 is 2.32 bits per heavy atom. The summed E-state index contributed by atoms with van der Waals surface area (Å²) in [5.74, 6) is -0.737. The summed E-state index contributed by atoms with van der Waals surface area (Å²) in [6.45, 7) is 0. The molecule has 3 rings (SSSR count). The largest absolute Gasteiger partial charge is 0.481 e. The first-order valence-electron chi connectivity index (χ1n) is 6.17. The Hall–Kier alpha value is -0.760. The topological polar surface area (TPSA) is 55.1 Å². The van der Waals surface area contributed by atoms with Gasteiger partial charge < -0.3 is 9.67 Å². The number of fused-ring (bicyclic) bond motifs is 1. The second kappa shape index (κ2) is 5.32.